The highest BCUT2D eigenvalue weighted by molar-refractivity contribution is 7.10. The van der Waals surface area contributed by atoms with E-state index in [4.69, 9.17) is 16.3 Å². The lowest BCUT2D eigenvalue weighted by atomic mass is 10.2. The van der Waals surface area contributed by atoms with Gasteiger partial charge in [-0.2, -0.15) is 9.36 Å². The summed E-state index contributed by atoms with van der Waals surface area (Å²) in [5.41, 5.74) is 2.66. The van der Waals surface area contributed by atoms with Gasteiger partial charge in [0.05, 0.1) is 18.0 Å². The number of nitrogens with zero attached hydrogens (tertiary/aromatic N) is 5. The molecule has 0 atom stereocenters. The van der Waals surface area contributed by atoms with Gasteiger partial charge in [0.25, 0.3) is 5.91 Å². The lowest BCUT2D eigenvalue weighted by Crippen LogP contribution is -2.11. The molecule has 2 heterocycles. The molecule has 0 unspecified atom stereocenters. The van der Waals surface area contributed by atoms with Gasteiger partial charge in [0.2, 0.25) is 5.13 Å². The molecule has 1 amide bonds. The number of benzene rings is 2. The number of aromatic nitrogens is 5. The zero-order valence-electron chi connectivity index (χ0n) is 16.2. The molecule has 0 aliphatic carbocycles. The monoisotopic (exact) mass is 440 g/mol. The number of nitrogens with one attached hydrogen (secondary N) is 1. The third-order valence-corrected chi connectivity index (χ3v) is 5.13. The molecule has 2 aromatic heterocycles. The van der Waals surface area contributed by atoms with Crippen LogP contribution in [0.2, 0.25) is 5.02 Å². The van der Waals surface area contributed by atoms with E-state index < -0.39 is 0 Å². The van der Waals surface area contributed by atoms with Crippen molar-refractivity contribution in [2.75, 3.05) is 11.9 Å². The summed E-state index contributed by atoms with van der Waals surface area (Å²) in [6.45, 7) is 4.44. The quantitative estimate of drug-likeness (QED) is 0.477. The summed E-state index contributed by atoms with van der Waals surface area (Å²) < 4.78 is 11.5. The molecule has 4 rings (SSSR count). The number of carbonyl (C=O) groups is 1. The van der Waals surface area contributed by atoms with E-state index in [1.807, 2.05) is 38.1 Å². The van der Waals surface area contributed by atoms with Crippen LogP contribution in [0.15, 0.2) is 48.5 Å². The molecule has 0 radical (unpaired) electrons. The third-order valence-electron chi connectivity index (χ3n) is 4.25. The first-order chi connectivity index (χ1) is 14.5. The molecule has 1 N–H and O–H groups in total. The molecule has 0 saturated heterocycles. The van der Waals surface area contributed by atoms with E-state index in [0.29, 0.717) is 33.8 Å². The Morgan fingerprint density at radius 1 is 1.17 bits per heavy atom. The smallest absolute Gasteiger partial charge is 0.257 e. The summed E-state index contributed by atoms with van der Waals surface area (Å²) in [6.07, 6.45) is 0. The second-order valence-corrected chi connectivity index (χ2v) is 7.43. The Morgan fingerprint density at radius 2 is 1.90 bits per heavy atom. The molecule has 4 aromatic rings. The van der Waals surface area contributed by atoms with Gasteiger partial charge in [-0.25, -0.2) is 4.68 Å². The lowest BCUT2D eigenvalue weighted by molar-refractivity contribution is 0.102. The Labute approximate surface area is 181 Å². The first-order valence-corrected chi connectivity index (χ1v) is 10.3. The van der Waals surface area contributed by atoms with Crippen LogP contribution in [-0.4, -0.2) is 36.9 Å². The maximum atomic E-state index is 12.3. The fourth-order valence-corrected chi connectivity index (χ4v) is 3.46. The van der Waals surface area contributed by atoms with Crippen LogP contribution in [0.3, 0.4) is 0 Å². The summed E-state index contributed by atoms with van der Waals surface area (Å²) in [6, 6.07) is 14.2. The normalized spacial score (nSPS) is 10.8. The van der Waals surface area contributed by atoms with Crippen LogP contribution in [0.4, 0.5) is 5.13 Å². The molecule has 0 saturated carbocycles. The minimum absolute atomic E-state index is 0.288. The van der Waals surface area contributed by atoms with Crippen LogP contribution in [0, 0.1) is 6.92 Å². The predicted octanol–water partition coefficient (Wildman–Crippen LogP) is 4.40. The van der Waals surface area contributed by atoms with Crippen LogP contribution in [0.5, 0.6) is 5.75 Å². The largest absolute Gasteiger partial charge is 0.494 e. The molecular formula is C20H17ClN6O2S. The van der Waals surface area contributed by atoms with Gasteiger partial charge >= 0.3 is 0 Å². The van der Waals surface area contributed by atoms with Gasteiger partial charge in [0.1, 0.15) is 5.75 Å². The van der Waals surface area contributed by atoms with Crippen molar-refractivity contribution in [3.63, 3.8) is 0 Å². The topological polar surface area (TPSA) is 94.8 Å². The van der Waals surface area contributed by atoms with E-state index >= 15 is 0 Å². The molecule has 0 bridgehead atoms. The van der Waals surface area contributed by atoms with Crippen molar-refractivity contribution in [1.29, 1.82) is 0 Å². The van der Waals surface area contributed by atoms with Crippen molar-refractivity contribution in [2.24, 2.45) is 0 Å². The van der Waals surface area contributed by atoms with Gasteiger partial charge in [-0.1, -0.05) is 16.8 Å². The van der Waals surface area contributed by atoms with Crippen LogP contribution < -0.4 is 10.1 Å². The van der Waals surface area contributed by atoms with Crippen molar-refractivity contribution in [3.8, 4) is 23.0 Å². The van der Waals surface area contributed by atoms with Gasteiger partial charge in [0, 0.05) is 22.1 Å². The molecule has 0 aliphatic heterocycles. The molecule has 2 aromatic carbocycles. The van der Waals surface area contributed by atoms with E-state index in [1.165, 1.54) is 0 Å². The highest BCUT2D eigenvalue weighted by Crippen LogP contribution is 2.25. The summed E-state index contributed by atoms with van der Waals surface area (Å²) >= 11 is 6.94. The van der Waals surface area contributed by atoms with Crippen LogP contribution in [0.25, 0.3) is 17.2 Å². The Bertz CT molecular complexity index is 1170. The zero-order chi connectivity index (χ0) is 21.1. The summed E-state index contributed by atoms with van der Waals surface area (Å²) in [5, 5.41) is 12.1. The summed E-state index contributed by atoms with van der Waals surface area (Å²) in [5.74, 6) is 0.909. The average Bonchev–Trinajstić information content (AvgIpc) is 3.35. The number of hydrogen-bond donors (Lipinski definition) is 1. The van der Waals surface area contributed by atoms with Crippen molar-refractivity contribution >= 4 is 34.2 Å². The van der Waals surface area contributed by atoms with E-state index in [0.717, 1.165) is 28.7 Å². The fourth-order valence-electron chi connectivity index (χ4n) is 2.77. The molecule has 0 aliphatic rings. The first-order valence-electron chi connectivity index (χ1n) is 9.11. The van der Waals surface area contributed by atoms with Crippen molar-refractivity contribution in [3.05, 3.63) is 64.8 Å². The number of hydrogen-bond acceptors (Lipinski definition) is 7. The van der Waals surface area contributed by atoms with Crippen LogP contribution in [0.1, 0.15) is 23.0 Å². The maximum absolute atomic E-state index is 12.3. The number of anilines is 1. The molecule has 30 heavy (non-hydrogen) atoms. The first kappa shape index (κ1) is 20.0. The molecule has 0 spiro atoms. The van der Waals surface area contributed by atoms with Gasteiger partial charge < -0.3 is 4.74 Å². The van der Waals surface area contributed by atoms with Crippen molar-refractivity contribution in [1.82, 2.24) is 24.4 Å². The Morgan fingerprint density at radius 3 is 2.60 bits per heavy atom. The Kier molecular flexibility index (Phi) is 5.73. The highest BCUT2D eigenvalue weighted by Gasteiger charge is 2.18. The molecule has 152 valence electrons. The van der Waals surface area contributed by atoms with E-state index in [-0.39, 0.29) is 5.91 Å². The number of rotatable bonds is 6. The maximum Gasteiger partial charge on any atom is 0.257 e. The standard InChI is InChI=1S/C20H17ClN6O2S/c1-3-29-16-10-8-15(9-11-16)27-12(2)17(24-26-27)18-22-20(30-25-18)23-19(28)13-4-6-14(21)7-5-13/h4-11H,3H2,1-2H3,(H,22,23,25,28). The predicted molar refractivity (Wildman–Crippen MR) is 116 cm³/mol. The summed E-state index contributed by atoms with van der Waals surface area (Å²) in [7, 11) is 0. The molecule has 8 nitrogen and oxygen atoms in total. The van der Waals surface area contributed by atoms with Gasteiger partial charge in [0.15, 0.2) is 11.5 Å². The number of halogens is 1. The number of amides is 1. The number of carbonyl (C=O) groups excluding carboxylic acids is 1. The minimum Gasteiger partial charge on any atom is -0.494 e. The average molecular weight is 441 g/mol. The SMILES string of the molecule is CCOc1ccc(-n2nnc(-c3nsc(NC(=O)c4ccc(Cl)cc4)n3)c2C)cc1. The molecule has 0 fully saturated rings. The fraction of sp³-hybridized carbons (Fsp3) is 0.150. The minimum atomic E-state index is -0.288. The summed E-state index contributed by atoms with van der Waals surface area (Å²) in [4.78, 5) is 16.7. The Hall–Kier alpha value is -3.30. The van der Waals surface area contributed by atoms with E-state index in [1.54, 1.807) is 28.9 Å². The highest BCUT2D eigenvalue weighted by atomic mass is 35.5. The second kappa shape index (κ2) is 8.60. The van der Waals surface area contributed by atoms with Gasteiger partial charge in [-0.15, -0.1) is 5.10 Å². The second-order valence-electron chi connectivity index (χ2n) is 6.25. The molecule has 10 heteroatoms. The van der Waals surface area contributed by atoms with Gasteiger partial charge in [-0.05, 0) is 62.4 Å². The lowest BCUT2D eigenvalue weighted by Gasteiger charge is -2.06. The van der Waals surface area contributed by atoms with Gasteiger partial charge in [-0.3, -0.25) is 10.1 Å². The van der Waals surface area contributed by atoms with Crippen molar-refractivity contribution < 1.29 is 9.53 Å². The number of ether oxygens (including phenoxy) is 1. The van der Waals surface area contributed by atoms with Crippen molar-refractivity contribution in [2.45, 2.75) is 13.8 Å². The van der Waals surface area contributed by atoms with E-state index in [2.05, 4.69) is 25.0 Å². The van der Waals surface area contributed by atoms with Crippen LogP contribution >= 0.6 is 23.1 Å². The van der Waals surface area contributed by atoms with Crippen LogP contribution in [-0.2, 0) is 0 Å². The zero-order valence-corrected chi connectivity index (χ0v) is 17.7. The van der Waals surface area contributed by atoms with E-state index in [9.17, 15) is 4.79 Å². The third kappa shape index (κ3) is 4.17. The Balaban J connectivity index is 1.52. The molecular weight excluding hydrogens is 424 g/mol.